The van der Waals surface area contributed by atoms with Crippen molar-refractivity contribution in [3.63, 3.8) is 0 Å². The first-order chi connectivity index (χ1) is 4.30. The van der Waals surface area contributed by atoms with Crippen molar-refractivity contribution in [3.05, 3.63) is 24.1 Å². The Hall–Kier alpha value is -1.16. The van der Waals surface area contributed by atoms with E-state index in [2.05, 4.69) is 10.3 Å². The molecule has 5 heteroatoms. The summed E-state index contributed by atoms with van der Waals surface area (Å²) in [5, 5.41) is 0. The van der Waals surface area contributed by atoms with Crippen molar-refractivity contribution in [1.29, 1.82) is 0 Å². The number of halogens is 1. The van der Waals surface area contributed by atoms with Crippen LogP contribution in [0.25, 0.3) is 0 Å². The van der Waals surface area contributed by atoms with Gasteiger partial charge in [-0.1, -0.05) is 0 Å². The van der Waals surface area contributed by atoms with Gasteiger partial charge >= 0.3 is 0 Å². The zero-order chi connectivity index (χ0) is 6.69. The number of hydrogen-bond acceptors (Lipinski definition) is 3. The third kappa shape index (κ3) is 1.99. The lowest BCUT2D eigenvalue weighted by Crippen LogP contribution is -2.21. The van der Waals surface area contributed by atoms with Crippen molar-refractivity contribution >= 4 is 18.3 Å². The van der Waals surface area contributed by atoms with Crippen LogP contribution in [-0.4, -0.2) is 5.91 Å². The SMILES string of the molecule is Cl.NC(=O)C1=CC=CNO1. The number of rotatable bonds is 1. The second kappa shape index (κ2) is 3.79. The molecule has 0 aromatic rings. The first-order valence-electron chi connectivity index (χ1n) is 2.40. The van der Waals surface area contributed by atoms with Crippen LogP contribution in [0.3, 0.4) is 0 Å². The molecule has 0 bridgehead atoms. The molecule has 0 aromatic carbocycles. The molecular weight excluding hydrogens is 156 g/mol. The largest absolute Gasteiger partial charge is 0.377 e. The smallest absolute Gasteiger partial charge is 0.287 e. The molecule has 10 heavy (non-hydrogen) atoms. The molecular formula is C5H7ClN2O2. The normalized spacial score (nSPS) is 13.8. The van der Waals surface area contributed by atoms with E-state index in [0.717, 1.165) is 0 Å². The fourth-order valence-electron chi connectivity index (χ4n) is 0.439. The Bertz CT molecular complexity index is 188. The summed E-state index contributed by atoms with van der Waals surface area (Å²) in [5.41, 5.74) is 7.23. The summed E-state index contributed by atoms with van der Waals surface area (Å²) in [4.78, 5) is 14.9. The minimum Gasteiger partial charge on any atom is -0.377 e. The standard InChI is InChI=1S/C5H6N2O2.ClH/c6-5(8)4-2-1-3-7-9-4;/h1-3,7H,(H2,6,8);1H. The molecule has 4 nitrogen and oxygen atoms in total. The van der Waals surface area contributed by atoms with Crippen LogP contribution in [0.5, 0.6) is 0 Å². The van der Waals surface area contributed by atoms with E-state index in [1.165, 1.54) is 6.08 Å². The molecule has 0 radical (unpaired) electrons. The van der Waals surface area contributed by atoms with Crippen LogP contribution in [0.4, 0.5) is 0 Å². The first kappa shape index (κ1) is 8.84. The van der Waals surface area contributed by atoms with E-state index in [1.54, 1.807) is 12.3 Å². The lowest BCUT2D eigenvalue weighted by Gasteiger charge is -2.06. The highest BCUT2D eigenvalue weighted by Gasteiger charge is 2.05. The number of hydroxylamine groups is 1. The van der Waals surface area contributed by atoms with Crippen LogP contribution in [0, 0.1) is 0 Å². The van der Waals surface area contributed by atoms with Crippen LogP contribution in [0.15, 0.2) is 24.1 Å². The number of amides is 1. The second-order valence-electron chi connectivity index (χ2n) is 1.47. The van der Waals surface area contributed by atoms with Gasteiger partial charge in [0.2, 0.25) is 5.76 Å². The summed E-state index contributed by atoms with van der Waals surface area (Å²) < 4.78 is 0. The Morgan fingerprint density at radius 3 is 2.70 bits per heavy atom. The molecule has 0 aliphatic carbocycles. The van der Waals surface area contributed by atoms with Crippen LogP contribution < -0.4 is 11.2 Å². The highest BCUT2D eigenvalue weighted by Crippen LogP contribution is 1.97. The van der Waals surface area contributed by atoms with Crippen LogP contribution in [0.2, 0.25) is 0 Å². The summed E-state index contributed by atoms with van der Waals surface area (Å²) in [5.74, 6) is -0.454. The topological polar surface area (TPSA) is 64.4 Å². The Morgan fingerprint density at radius 1 is 1.70 bits per heavy atom. The van der Waals surface area contributed by atoms with Crippen molar-refractivity contribution < 1.29 is 9.63 Å². The quantitative estimate of drug-likeness (QED) is 0.563. The van der Waals surface area contributed by atoms with Gasteiger partial charge in [-0.3, -0.25) is 4.79 Å². The third-order valence-electron chi connectivity index (χ3n) is 0.824. The summed E-state index contributed by atoms with van der Waals surface area (Å²) in [6.07, 6.45) is 4.66. The van der Waals surface area contributed by atoms with Gasteiger partial charge < -0.3 is 10.6 Å². The maximum Gasteiger partial charge on any atom is 0.287 e. The number of nitrogens with two attached hydrogens (primary N) is 1. The predicted molar refractivity (Wildman–Crippen MR) is 37.9 cm³/mol. The van der Waals surface area contributed by atoms with Gasteiger partial charge in [0.05, 0.1) is 0 Å². The highest BCUT2D eigenvalue weighted by atomic mass is 35.5. The average Bonchev–Trinajstić information content (AvgIpc) is 1.90. The monoisotopic (exact) mass is 162 g/mol. The van der Waals surface area contributed by atoms with Gasteiger partial charge in [0.25, 0.3) is 5.91 Å². The van der Waals surface area contributed by atoms with Crippen LogP contribution >= 0.6 is 12.4 Å². The summed E-state index contributed by atoms with van der Waals surface area (Å²) in [6.45, 7) is 0. The van der Waals surface area contributed by atoms with E-state index in [-0.39, 0.29) is 18.2 Å². The first-order valence-corrected chi connectivity index (χ1v) is 2.40. The van der Waals surface area contributed by atoms with E-state index in [9.17, 15) is 4.79 Å². The van der Waals surface area contributed by atoms with E-state index in [0.29, 0.717) is 0 Å². The van der Waals surface area contributed by atoms with Gasteiger partial charge in [-0.15, -0.1) is 12.4 Å². The molecule has 1 aliphatic heterocycles. The van der Waals surface area contributed by atoms with Gasteiger partial charge in [-0.25, -0.2) is 5.48 Å². The van der Waals surface area contributed by atoms with E-state index in [4.69, 9.17) is 5.73 Å². The fourth-order valence-corrected chi connectivity index (χ4v) is 0.439. The third-order valence-corrected chi connectivity index (χ3v) is 0.824. The van der Waals surface area contributed by atoms with Crippen molar-refractivity contribution in [2.45, 2.75) is 0 Å². The molecule has 1 rings (SSSR count). The van der Waals surface area contributed by atoms with Crippen molar-refractivity contribution in [2.75, 3.05) is 0 Å². The highest BCUT2D eigenvalue weighted by molar-refractivity contribution is 5.90. The lowest BCUT2D eigenvalue weighted by molar-refractivity contribution is -0.118. The number of carbonyl (C=O) groups is 1. The van der Waals surface area contributed by atoms with Crippen molar-refractivity contribution in [1.82, 2.24) is 5.48 Å². The maximum atomic E-state index is 10.3. The molecule has 0 saturated heterocycles. The fraction of sp³-hybridized carbons (Fsp3) is 0. The number of allylic oxidation sites excluding steroid dienone is 2. The molecule has 0 spiro atoms. The molecule has 1 amide bonds. The Labute approximate surface area is 64.1 Å². The molecule has 3 N–H and O–H groups in total. The van der Waals surface area contributed by atoms with Crippen LogP contribution in [-0.2, 0) is 9.63 Å². The zero-order valence-electron chi connectivity index (χ0n) is 5.03. The van der Waals surface area contributed by atoms with Gasteiger partial charge in [0, 0.05) is 6.20 Å². The van der Waals surface area contributed by atoms with Crippen molar-refractivity contribution in [3.8, 4) is 0 Å². The van der Waals surface area contributed by atoms with Gasteiger partial charge in [0.15, 0.2) is 0 Å². The van der Waals surface area contributed by atoms with Gasteiger partial charge in [-0.05, 0) is 12.2 Å². The van der Waals surface area contributed by atoms with E-state index >= 15 is 0 Å². The van der Waals surface area contributed by atoms with E-state index < -0.39 is 5.91 Å². The molecule has 56 valence electrons. The Balaban J connectivity index is 0.000000810. The Morgan fingerprint density at radius 2 is 2.40 bits per heavy atom. The van der Waals surface area contributed by atoms with Crippen LogP contribution in [0.1, 0.15) is 0 Å². The van der Waals surface area contributed by atoms with Gasteiger partial charge in [-0.2, -0.15) is 0 Å². The number of carbonyl (C=O) groups excluding carboxylic acids is 1. The van der Waals surface area contributed by atoms with Gasteiger partial charge in [0.1, 0.15) is 0 Å². The average molecular weight is 163 g/mol. The van der Waals surface area contributed by atoms with E-state index in [1.807, 2.05) is 0 Å². The molecule has 0 saturated carbocycles. The number of primary amides is 1. The minimum atomic E-state index is -0.577. The number of hydrogen-bond donors (Lipinski definition) is 2. The molecule has 0 unspecified atom stereocenters. The molecule has 0 aromatic heterocycles. The zero-order valence-corrected chi connectivity index (χ0v) is 5.85. The maximum absolute atomic E-state index is 10.3. The summed E-state index contributed by atoms with van der Waals surface area (Å²) in [7, 11) is 0. The predicted octanol–water partition coefficient (Wildman–Crippen LogP) is -0.174. The number of nitrogens with one attached hydrogen (secondary N) is 1. The molecule has 0 atom stereocenters. The molecule has 1 heterocycles. The summed E-state index contributed by atoms with van der Waals surface area (Å²) in [6, 6.07) is 0. The van der Waals surface area contributed by atoms with Crippen molar-refractivity contribution in [2.24, 2.45) is 5.73 Å². The summed E-state index contributed by atoms with van der Waals surface area (Å²) >= 11 is 0. The molecule has 1 aliphatic rings. The lowest BCUT2D eigenvalue weighted by atomic mass is 10.4. The minimum absolute atomic E-state index is 0. The Kier molecular flexibility index (Phi) is 3.35. The second-order valence-corrected chi connectivity index (χ2v) is 1.47. The molecule has 0 fully saturated rings.